The Morgan fingerprint density at radius 3 is 2.67 bits per heavy atom. The van der Waals surface area contributed by atoms with Gasteiger partial charge in [-0.05, 0) is 18.2 Å². The summed E-state index contributed by atoms with van der Waals surface area (Å²) in [5.74, 6) is 0.104. The molecule has 3 atom stereocenters. The SMILES string of the molecule is OC[C@@H](O)C(O)[C@H](O)c1nc2ccc(Cl)cc2[nH]1. The molecule has 98 valence electrons. The lowest BCUT2D eigenvalue weighted by atomic mass is 10.1. The van der Waals surface area contributed by atoms with E-state index in [1.165, 1.54) is 0 Å². The largest absolute Gasteiger partial charge is 0.394 e. The second kappa shape index (κ2) is 5.21. The first-order chi connectivity index (χ1) is 8.52. The van der Waals surface area contributed by atoms with Gasteiger partial charge >= 0.3 is 0 Å². The van der Waals surface area contributed by atoms with E-state index in [2.05, 4.69) is 9.97 Å². The summed E-state index contributed by atoms with van der Waals surface area (Å²) >= 11 is 5.81. The third-order valence-corrected chi connectivity index (χ3v) is 2.88. The predicted octanol–water partition coefficient (Wildman–Crippen LogP) is -0.0362. The Labute approximate surface area is 107 Å². The Morgan fingerprint density at radius 2 is 2.00 bits per heavy atom. The summed E-state index contributed by atoms with van der Waals surface area (Å²) in [6.07, 6.45) is -4.37. The lowest BCUT2D eigenvalue weighted by molar-refractivity contribution is -0.0800. The molecule has 0 saturated heterocycles. The van der Waals surface area contributed by atoms with Gasteiger partial charge in [-0.1, -0.05) is 11.6 Å². The highest BCUT2D eigenvalue weighted by Crippen LogP contribution is 2.22. The fourth-order valence-electron chi connectivity index (χ4n) is 1.62. The Hall–Kier alpha value is -1.18. The summed E-state index contributed by atoms with van der Waals surface area (Å²) in [4.78, 5) is 6.87. The van der Waals surface area contributed by atoms with Crippen molar-refractivity contribution in [2.45, 2.75) is 18.3 Å². The van der Waals surface area contributed by atoms with Crippen LogP contribution in [0.5, 0.6) is 0 Å². The Bertz CT molecular complexity index is 545. The second-order valence-corrected chi connectivity index (χ2v) is 4.41. The minimum atomic E-state index is -1.52. The van der Waals surface area contributed by atoms with Gasteiger partial charge in [0.1, 0.15) is 24.1 Å². The van der Waals surface area contributed by atoms with Crippen molar-refractivity contribution in [1.29, 1.82) is 0 Å². The summed E-state index contributed by atoms with van der Waals surface area (Å²) in [7, 11) is 0. The van der Waals surface area contributed by atoms with Crippen LogP contribution in [0.25, 0.3) is 11.0 Å². The van der Waals surface area contributed by atoms with Crippen LogP contribution >= 0.6 is 11.6 Å². The molecule has 1 heterocycles. The molecule has 18 heavy (non-hydrogen) atoms. The quantitative estimate of drug-likeness (QED) is 0.537. The number of aromatic nitrogens is 2. The van der Waals surface area contributed by atoms with Crippen LogP contribution in [0.15, 0.2) is 18.2 Å². The maximum absolute atomic E-state index is 9.81. The molecule has 0 aliphatic heterocycles. The highest BCUT2D eigenvalue weighted by molar-refractivity contribution is 6.31. The molecule has 0 radical (unpaired) electrons. The minimum absolute atomic E-state index is 0.104. The molecule has 0 amide bonds. The van der Waals surface area contributed by atoms with E-state index in [1.807, 2.05) is 0 Å². The van der Waals surface area contributed by atoms with E-state index >= 15 is 0 Å². The number of hydrogen-bond acceptors (Lipinski definition) is 5. The molecule has 2 rings (SSSR count). The molecule has 1 unspecified atom stereocenters. The molecule has 0 saturated carbocycles. The topological polar surface area (TPSA) is 110 Å². The molecule has 2 aromatic rings. The number of aliphatic hydroxyl groups is 4. The van der Waals surface area contributed by atoms with E-state index in [9.17, 15) is 15.3 Å². The maximum Gasteiger partial charge on any atom is 0.140 e. The summed E-state index contributed by atoms with van der Waals surface area (Å²) in [5, 5.41) is 37.9. The lowest BCUT2D eigenvalue weighted by Crippen LogP contribution is -2.35. The van der Waals surface area contributed by atoms with Gasteiger partial charge in [-0.2, -0.15) is 0 Å². The molecular formula is C11H13ClN2O4. The van der Waals surface area contributed by atoms with Crippen molar-refractivity contribution in [3.8, 4) is 0 Å². The van der Waals surface area contributed by atoms with Crippen molar-refractivity contribution in [3.63, 3.8) is 0 Å². The van der Waals surface area contributed by atoms with Crippen molar-refractivity contribution >= 4 is 22.6 Å². The standard InChI is InChI=1S/C11H13ClN2O4/c12-5-1-2-6-7(3-5)14-11(13-6)10(18)9(17)8(16)4-15/h1-3,8-10,15-18H,4H2,(H,13,14)/t8-,9?,10+/m1/s1. The van der Waals surface area contributed by atoms with E-state index in [4.69, 9.17) is 16.7 Å². The highest BCUT2D eigenvalue weighted by atomic mass is 35.5. The molecule has 0 spiro atoms. The summed E-state index contributed by atoms with van der Waals surface area (Å²) in [6, 6.07) is 4.95. The van der Waals surface area contributed by atoms with E-state index < -0.39 is 24.9 Å². The number of halogens is 1. The zero-order chi connectivity index (χ0) is 13.3. The number of aromatic amines is 1. The average molecular weight is 273 g/mol. The average Bonchev–Trinajstić information content (AvgIpc) is 2.78. The van der Waals surface area contributed by atoms with E-state index in [1.54, 1.807) is 18.2 Å². The smallest absolute Gasteiger partial charge is 0.140 e. The molecule has 5 N–H and O–H groups in total. The number of hydrogen-bond donors (Lipinski definition) is 5. The van der Waals surface area contributed by atoms with Crippen LogP contribution in [0, 0.1) is 0 Å². The van der Waals surface area contributed by atoms with E-state index in [-0.39, 0.29) is 5.82 Å². The fraction of sp³-hybridized carbons (Fsp3) is 0.364. The highest BCUT2D eigenvalue weighted by Gasteiger charge is 2.27. The normalized spacial score (nSPS) is 16.7. The second-order valence-electron chi connectivity index (χ2n) is 3.97. The molecule has 0 aliphatic carbocycles. The van der Waals surface area contributed by atoms with Gasteiger partial charge in [-0.3, -0.25) is 0 Å². The van der Waals surface area contributed by atoms with Crippen LogP contribution in [-0.2, 0) is 0 Å². The van der Waals surface area contributed by atoms with E-state index in [0.29, 0.717) is 16.1 Å². The first kappa shape index (κ1) is 13.3. The molecule has 0 bridgehead atoms. The van der Waals surface area contributed by atoms with Crippen molar-refractivity contribution in [2.24, 2.45) is 0 Å². The van der Waals surface area contributed by atoms with Crippen molar-refractivity contribution in [3.05, 3.63) is 29.0 Å². The van der Waals surface area contributed by atoms with Crippen LogP contribution in [0.2, 0.25) is 5.02 Å². The third-order valence-electron chi connectivity index (χ3n) is 2.65. The summed E-state index contributed by atoms with van der Waals surface area (Å²) in [6.45, 7) is -0.649. The first-order valence-corrected chi connectivity index (χ1v) is 5.71. The molecule has 1 aromatic carbocycles. The van der Waals surface area contributed by atoms with Gasteiger partial charge in [0.05, 0.1) is 17.6 Å². The van der Waals surface area contributed by atoms with Crippen LogP contribution in [0.1, 0.15) is 11.9 Å². The molecule has 6 nitrogen and oxygen atoms in total. The molecular weight excluding hydrogens is 260 g/mol. The number of rotatable bonds is 4. The lowest BCUT2D eigenvalue weighted by Gasteiger charge is -2.19. The van der Waals surface area contributed by atoms with Gasteiger partial charge in [0.25, 0.3) is 0 Å². The molecule has 1 aromatic heterocycles. The number of fused-ring (bicyclic) bond motifs is 1. The predicted molar refractivity (Wildman–Crippen MR) is 65.2 cm³/mol. The minimum Gasteiger partial charge on any atom is -0.394 e. The van der Waals surface area contributed by atoms with Gasteiger partial charge in [0.2, 0.25) is 0 Å². The Kier molecular flexibility index (Phi) is 3.84. The van der Waals surface area contributed by atoms with Crippen LogP contribution in [0.3, 0.4) is 0 Å². The Balaban J connectivity index is 2.30. The number of aliphatic hydroxyl groups excluding tert-OH is 4. The molecule has 0 fully saturated rings. The van der Waals surface area contributed by atoms with E-state index in [0.717, 1.165) is 0 Å². The van der Waals surface area contributed by atoms with Crippen molar-refractivity contribution in [1.82, 2.24) is 9.97 Å². The number of nitrogens with one attached hydrogen (secondary N) is 1. The summed E-state index contributed by atoms with van der Waals surface area (Å²) in [5.41, 5.74) is 1.20. The maximum atomic E-state index is 9.81. The van der Waals surface area contributed by atoms with Gasteiger partial charge < -0.3 is 25.4 Å². The van der Waals surface area contributed by atoms with Gasteiger partial charge in [0.15, 0.2) is 0 Å². The number of H-pyrrole nitrogens is 1. The zero-order valence-corrected chi connectivity index (χ0v) is 10.0. The van der Waals surface area contributed by atoms with Gasteiger partial charge in [-0.25, -0.2) is 4.98 Å². The molecule has 7 heteroatoms. The Morgan fingerprint density at radius 1 is 1.28 bits per heavy atom. The van der Waals surface area contributed by atoms with Crippen LogP contribution < -0.4 is 0 Å². The summed E-state index contributed by atoms with van der Waals surface area (Å²) < 4.78 is 0. The molecule has 0 aliphatic rings. The third kappa shape index (κ3) is 2.47. The van der Waals surface area contributed by atoms with Crippen LogP contribution in [0.4, 0.5) is 0 Å². The van der Waals surface area contributed by atoms with Crippen LogP contribution in [-0.4, -0.2) is 49.2 Å². The number of nitrogens with zero attached hydrogens (tertiary/aromatic N) is 1. The monoisotopic (exact) mass is 272 g/mol. The number of imidazole rings is 1. The van der Waals surface area contributed by atoms with Crippen molar-refractivity contribution in [2.75, 3.05) is 6.61 Å². The van der Waals surface area contributed by atoms with Crippen molar-refractivity contribution < 1.29 is 20.4 Å². The first-order valence-electron chi connectivity index (χ1n) is 5.33. The zero-order valence-electron chi connectivity index (χ0n) is 9.29. The fourth-order valence-corrected chi connectivity index (χ4v) is 1.79. The van der Waals surface area contributed by atoms with Gasteiger partial charge in [0, 0.05) is 5.02 Å². The number of benzene rings is 1. The van der Waals surface area contributed by atoms with Gasteiger partial charge in [-0.15, -0.1) is 0 Å².